The maximum Gasteiger partial charge on any atom is 0.164 e. The van der Waals surface area contributed by atoms with Crippen molar-refractivity contribution in [3.05, 3.63) is 181 Å². The van der Waals surface area contributed by atoms with Crippen LogP contribution in [0.1, 0.15) is 25.0 Å². The Morgan fingerprint density at radius 1 is 0.446 bits per heavy atom. The van der Waals surface area contributed by atoms with Crippen LogP contribution in [0.15, 0.2) is 170 Å². The first-order valence-corrected chi connectivity index (χ1v) is 19.8. The standard InChI is InChI=1S/C51H34N4S/c1-51(2)41-16-6-4-12-38(41)46-40(15-9-17-42(46)51)50-54-48(33-25-21-31(22-26-33)36-29-35-11-3-7-18-43(35)52-30-36)53-49(55-50)34-27-23-32(24-28-34)37-14-10-20-45-47(37)39-13-5-8-19-44(39)56-45/h3-30H,1-2H3. The van der Waals surface area contributed by atoms with Crippen LogP contribution in [-0.2, 0) is 5.41 Å². The molecule has 1 aliphatic rings. The first-order chi connectivity index (χ1) is 27.5. The van der Waals surface area contributed by atoms with E-state index in [1.165, 1.54) is 48.0 Å². The van der Waals surface area contributed by atoms with Crippen molar-refractivity contribution in [2.24, 2.45) is 0 Å². The Balaban J connectivity index is 1.05. The molecule has 0 saturated carbocycles. The summed E-state index contributed by atoms with van der Waals surface area (Å²) in [4.78, 5) is 20.3. The highest BCUT2D eigenvalue weighted by Crippen LogP contribution is 2.51. The number of hydrogen-bond donors (Lipinski definition) is 0. The molecule has 1 aliphatic carbocycles. The van der Waals surface area contributed by atoms with Crippen molar-refractivity contribution in [2.75, 3.05) is 0 Å². The average molecular weight is 735 g/mol. The fraction of sp³-hybridized carbons (Fsp3) is 0.0588. The number of benzene rings is 7. The van der Waals surface area contributed by atoms with Crippen LogP contribution in [0.4, 0.5) is 0 Å². The van der Waals surface area contributed by atoms with E-state index in [2.05, 4.69) is 159 Å². The van der Waals surface area contributed by atoms with E-state index in [9.17, 15) is 0 Å². The molecule has 0 bridgehead atoms. The fourth-order valence-electron chi connectivity index (χ4n) is 8.55. The van der Waals surface area contributed by atoms with Gasteiger partial charge in [0.05, 0.1) is 5.52 Å². The number of hydrogen-bond acceptors (Lipinski definition) is 5. The maximum atomic E-state index is 5.25. The Morgan fingerprint density at radius 2 is 1.04 bits per heavy atom. The first-order valence-electron chi connectivity index (χ1n) is 19.0. The number of rotatable bonds is 5. The van der Waals surface area contributed by atoms with E-state index in [0.29, 0.717) is 17.5 Å². The van der Waals surface area contributed by atoms with Crippen molar-refractivity contribution in [1.29, 1.82) is 0 Å². The van der Waals surface area contributed by atoms with E-state index in [4.69, 9.17) is 19.9 Å². The molecule has 264 valence electrons. The van der Waals surface area contributed by atoms with Crippen LogP contribution in [0.5, 0.6) is 0 Å². The molecule has 0 aliphatic heterocycles. The van der Waals surface area contributed by atoms with Crippen LogP contribution in [0.25, 0.3) is 98.6 Å². The average Bonchev–Trinajstić information content (AvgIpc) is 3.75. The SMILES string of the molecule is CC1(C)c2ccccc2-c2c(-c3nc(-c4ccc(-c5cnc6ccccc6c5)cc4)nc(-c4ccc(-c5cccc6sc7ccccc7c56)cc4)n3)cccc21. The van der Waals surface area contributed by atoms with Crippen molar-refractivity contribution in [3.63, 3.8) is 0 Å². The molecule has 3 heterocycles. The Bertz CT molecular complexity index is 3160. The summed E-state index contributed by atoms with van der Waals surface area (Å²) >= 11 is 1.84. The van der Waals surface area contributed by atoms with Gasteiger partial charge >= 0.3 is 0 Å². The minimum absolute atomic E-state index is 0.138. The highest BCUT2D eigenvalue weighted by molar-refractivity contribution is 7.25. The predicted molar refractivity (Wildman–Crippen MR) is 233 cm³/mol. The van der Waals surface area contributed by atoms with Gasteiger partial charge in [-0.15, -0.1) is 11.3 Å². The Morgan fingerprint density at radius 3 is 1.86 bits per heavy atom. The van der Waals surface area contributed by atoms with E-state index in [1.807, 2.05) is 35.7 Å². The predicted octanol–water partition coefficient (Wildman–Crippen LogP) is 13.4. The zero-order valence-electron chi connectivity index (χ0n) is 30.9. The molecule has 0 radical (unpaired) electrons. The molecular weight excluding hydrogens is 701 g/mol. The summed E-state index contributed by atoms with van der Waals surface area (Å²) in [6.45, 7) is 4.61. The second kappa shape index (κ2) is 12.6. The van der Waals surface area contributed by atoms with Crippen molar-refractivity contribution >= 4 is 42.4 Å². The van der Waals surface area contributed by atoms with E-state index in [0.717, 1.165) is 44.3 Å². The molecule has 0 unspecified atom stereocenters. The highest BCUT2D eigenvalue weighted by atomic mass is 32.1. The molecule has 0 spiro atoms. The van der Waals surface area contributed by atoms with Gasteiger partial charge < -0.3 is 0 Å². The Kier molecular flexibility index (Phi) is 7.35. The van der Waals surface area contributed by atoms with Gasteiger partial charge in [0.25, 0.3) is 0 Å². The lowest BCUT2D eigenvalue weighted by Gasteiger charge is -2.21. The number of nitrogens with zero attached hydrogens (tertiary/aromatic N) is 4. The normalized spacial score (nSPS) is 13.0. The molecule has 0 saturated heterocycles. The zero-order valence-corrected chi connectivity index (χ0v) is 31.7. The number of aromatic nitrogens is 4. The number of pyridine rings is 1. The van der Waals surface area contributed by atoms with Crippen LogP contribution < -0.4 is 0 Å². The second-order valence-electron chi connectivity index (χ2n) is 15.1. The van der Waals surface area contributed by atoms with Crippen molar-refractivity contribution in [1.82, 2.24) is 19.9 Å². The summed E-state index contributed by atoms with van der Waals surface area (Å²) in [5.41, 5.74) is 13.3. The Labute approximate surface area is 328 Å². The summed E-state index contributed by atoms with van der Waals surface area (Å²) in [5, 5.41) is 3.71. The summed E-state index contributed by atoms with van der Waals surface area (Å²) in [6.07, 6.45) is 1.94. The molecule has 3 aromatic heterocycles. The van der Waals surface area contributed by atoms with Gasteiger partial charge in [0.15, 0.2) is 17.5 Å². The second-order valence-corrected chi connectivity index (χ2v) is 16.1. The summed E-state index contributed by atoms with van der Waals surface area (Å²) in [6, 6.07) is 58.1. The molecule has 0 atom stereocenters. The van der Waals surface area contributed by atoms with Gasteiger partial charge in [-0.1, -0.05) is 153 Å². The molecule has 56 heavy (non-hydrogen) atoms. The van der Waals surface area contributed by atoms with Gasteiger partial charge in [-0.2, -0.15) is 0 Å². The third-order valence-corrected chi connectivity index (χ3v) is 12.5. The highest BCUT2D eigenvalue weighted by Gasteiger charge is 2.37. The van der Waals surface area contributed by atoms with Crippen LogP contribution in [0.2, 0.25) is 0 Å². The van der Waals surface area contributed by atoms with E-state index in [1.54, 1.807) is 0 Å². The molecule has 7 aromatic carbocycles. The number of para-hydroxylation sites is 1. The molecule has 0 amide bonds. The molecule has 5 heteroatoms. The maximum absolute atomic E-state index is 5.25. The van der Waals surface area contributed by atoms with Gasteiger partial charge in [-0.25, -0.2) is 15.0 Å². The first kappa shape index (κ1) is 32.6. The van der Waals surface area contributed by atoms with E-state index in [-0.39, 0.29) is 5.41 Å². The van der Waals surface area contributed by atoms with Crippen LogP contribution >= 0.6 is 11.3 Å². The topological polar surface area (TPSA) is 51.6 Å². The van der Waals surface area contributed by atoms with E-state index < -0.39 is 0 Å². The quantitative estimate of drug-likeness (QED) is 0.177. The van der Waals surface area contributed by atoms with Crippen LogP contribution in [-0.4, -0.2) is 19.9 Å². The van der Waals surface area contributed by atoms with Gasteiger partial charge in [-0.3, -0.25) is 4.98 Å². The zero-order chi connectivity index (χ0) is 37.4. The monoisotopic (exact) mass is 734 g/mol. The molecule has 0 N–H and O–H groups in total. The van der Waals surface area contributed by atoms with Crippen molar-refractivity contribution < 1.29 is 0 Å². The molecule has 4 nitrogen and oxygen atoms in total. The molecule has 11 rings (SSSR count). The van der Waals surface area contributed by atoms with Gasteiger partial charge in [0, 0.05) is 59.4 Å². The van der Waals surface area contributed by atoms with Crippen LogP contribution in [0.3, 0.4) is 0 Å². The lowest BCUT2D eigenvalue weighted by molar-refractivity contribution is 0.660. The summed E-state index contributed by atoms with van der Waals surface area (Å²) < 4.78 is 2.60. The van der Waals surface area contributed by atoms with Gasteiger partial charge in [0.1, 0.15) is 0 Å². The third-order valence-electron chi connectivity index (χ3n) is 11.4. The smallest absolute Gasteiger partial charge is 0.164 e. The molecular formula is C51H34N4S. The van der Waals surface area contributed by atoms with Crippen molar-refractivity contribution in [2.45, 2.75) is 19.3 Å². The van der Waals surface area contributed by atoms with Crippen molar-refractivity contribution in [3.8, 4) is 67.5 Å². The van der Waals surface area contributed by atoms with Crippen LogP contribution in [0, 0.1) is 0 Å². The van der Waals surface area contributed by atoms with Gasteiger partial charge in [-0.05, 0) is 63.2 Å². The summed E-state index contributed by atoms with van der Waals surface area (Å²) in [5.74, 6) is 1.94. The van der Waals surface area contributed by atoms with Gasteiger partial charge in [0.2, 0.25) is 0 Å². The fourth-order valence-corrected chi connectivity index (χ4v) is 9.68. The minimum atomic E-state index is -0.138. The summed E-state index contributed by atoms with van der Waals surface area (Å²) in [7, 11) is 0. The van der Waals surface area contributed by atoms with E-state index >= 15 is 0 Å². The minimum Gasteiger partial charge on any atom is -0.256 e. The lowest BCUT2D eigenvalue weighted by atomic mass is 9.82. The molecule has 0 fully saturated rings. The molecule has 10 aromatic rings. The Hall–Kier alpha value is -6.82. The largest absolute Gasteiger partial charge is 0.256 e. The third kappa shape index (κ3) is 5.19. The number of fused-ring (bicyclic) bond motifs is 7. The lowest BCUT2D eigenvalue weighted by Crippen LogP contribution is -2.14. The number of thiophene rings is 1.